The van der Waals surface area contributed by atoms with Gasteiger partial charge >= 0.3 is 5.97 Å². The molecule has 26 heavy (non-hydrogen) atoms. The Morgan fingerprint density at radius 1 is 1.08 bits per heavy atom. The quantitative estimate of drug-likeness (QED) is 0.452. The molecule has 0 atom stereocenters. The second kappa shape index (κ2) is 7.15. The molecule has 1 heterocycles. The molecular weight excluding hydrogens is 348 g/mol. The molecule has 0 aliphatic carbocycles. The Morgan fingerprint density at radius 2 is 1.77 bits per heavy atom. The molecule has 0 spiro atoms. The predicted molar refractivity (Wildman–Crippen MR) is 85.6 cm³/mol. The van der Waals surface area contributed by atoms with Gasteiger partial charge in [-0.3, -0.25) is 20.2 Å². The van der Waals surface area contributed by atoms with Gasteiger partial charge in [0.2, 0.25) is 0 Å². The third-order valence-electron chi connectivity index (χ3n) is 3.66. The number of nitro benzene ring substituents is 2. The van der Waals surface area contributed by atoms with Crippen LogP contribution in [0.3, 0.4) is 0 Å². The highest BCUT2D eigenvalue weighted by molar-refractivity contribution is 5.89. The van der Waals surface area contributed by atoms with Crippen LogP contribution in [0.4, 0.5) is 11.4 Å². The van der Waals surface area contributed by atoms with Crippen LogP contribution in [0.2, 0.25) is 0 Å². The SMILES string of the molecule is O=C(OCc1cc([N+](=O)[O-])cc2c1OCOC2)c1ccc([N+](=O)[O-])cc1. The number of benzene rings is 2. The highest BCUT2D eigenvalue weighted by Crippen LogP contribution is 2.33. The first-order chi connectivity index (χ1) is 12.5. The topological polar surface area (TPSA) is 131 Å². The lowest BCUT2D eigenvalue weighted by Gasteiger charge is -2.20. The molecule has 1 aliphatic heterocycles. The van der Waals surface area contributed by atoms with E-state index in [0.717, 1.165) is 0 Å². The standard InChI is InChI=1S/C16H12N2O8/c19-16(10-1-3-13(4-2-10)17(20)21)25-8-12-6-14(18(22)23)5-11-7-24-9-26-15(11)12/h1-6H,7-9H2. The van der Waals surface area contributed by atoms with E-state index in [1.807, 2.05) is 0 Å². The van der Waals surface area contributed by atoms with Crippen LogP contribution >= 0.6 is 0 Å². The van der Waals surface area contributed by atoms with Crippen molar-refractivity contribution in [3.05, 3.63) is 73.3 Å². The van der Waals surface area contributed by atoms with Gasteiger partial charge in [0, 0.05) is 35.4 Å². The fourth-order valence-corrected chi connectivity index (χ4v) is 2.44. The maximum atomic E-state index is 12.1. The number of fused-ring (bicyclic) bond motifs is 1. The molecule has 10 nitrogen and oxygen atoms in total. The molecule has 0 N–H and O–H groups in total. The third-order valence-corrected chi connectivity index (χ3v) is 3.66. The van der Waals surface area contributed by atoms with Crippen LogP contribution in [-0.4, -0.2) is 22.6 Å². The van der Waals surface area contributed by atoms with Crippen molar-refractivity contribution in [3.8, 4) is 5.75 Å². The smallest absolute Gasteiger partial charge is 0.338 e. The molecule has 0 saturated carbocycles. The highest BCUT2D eigenvalue weighted by atomic mass is 16.7. The summed E-state index contributed by atoms with van der Waals surface area (Å²) in [6, 6.07) is 7.53. The molecule has 3 rings (SSSR count). The second-order valence-electron chi connectivity index (χ2n) is 5.34. The number of nitrogens with zero attached hydrogens (tertiary/aromatic N) is 2. The van der Waals surface area contributed by atoms with Crippen LogP contribution in [0.15, 0.2) is 36.4 Å². The van der Waals surface area contributed by atoms with E-state index < -0.39 is 15.8 Å². The molecule has 0 saturated heterocycles. The molecule has 0 aromatic heterocycles. The Labute approximate surface area is 146 Å². The van der Waals surface area contributed by atoms with Crippen LogP contribution < -0.4 is 4.74 Å². The fraction of sp³-hybridized carbons (Fsp3) is 0.188. The van der Waals surface area contributed by atoms with Gasteiger partial charge in [0.1, 0.15) is 12.4 Å². The van der Waals surface area contributed by atoms with E-state index in [1.165, 1.54) is 36.4 Å². The number of hydrogen-bond donors (Lipinski definition) is 0. The zero-order chi connectivity index (χ0) is 18.7. The van der Waals surface area contributed by atoms with Gasteiger partial charge in [-0.25, -0.2) is 4.79 Å². The lowest BCUT2D eigenvalue weighted by Crippen LogP contribution is -2.15. The Morgan fingerprint density at radius 3 is 2.42 bits per heavy atom. The number of carbonyl (C=O) groups excluding carboxylic acids is 1. The van der Waals surface area contributed by atoms with Crippen molar-refractivity contribution in [2.75, 3.05) is 6.79 Å². The van der Waals surface area contributed by atoms with Gasteiger partial charge in [-0.05, 0) is 12.1 Å². The highest BCUT2D eigenvalue weighted by Gasteiger charge is 2.22. The van der Waals surface area contributed by atoms with E-state index >= 15 is 0 Å². The zero-order valence-corrected chi connectivity index (χ0v) is 13.2. The molecule has 1 aliphatic rings. The molecule has 2 aromatic rings. The number of non-ortho nitro benzene ring substituents is 2. The average Bonchev–Trinajstić information content (AvgIpc) is 2.65. The monoisotopic (exact) mass is 360 g/mol. The van der Waals surface area contributed by atoms with Gasteiger partial charge in [0.05, 0.1) is 22.0 Å². The van der Waals surface area contributed by atoms with Crippen molar-refractivity contribution in [1.29, 1.82) is 0 Å². The Bertz CT molecular complexity index is 879. The summed E-state index contributed by atoms with van der Waals surface area (Å²) in [5.41, 5.74) is 0.640. The van der Waals surface area contributed by atoms with Crippen LogP contribution in [0.5, 0.6) is 5.75 Å². The number of ether oxygens (including phenoxy) is 3. The van der Waals surface area contributed by atoms with Gasteiger partial charge < -0.3 is 14.2 Å². The van der Waals surface area contributed by atoms with Crippen LogP contribution in [-0.2, 0) is 22.7 Å². The van der Waals surface area contributed by atoms with Gasteiger partial charge in [-0.15, -0.1) is 0 Å². The van der Waals surface area contributed by atoms with Crippen molar-refractivity contribution in [2.24, 2.45) is 0 Å². The van der Waals surface area contributed by atoms with E-state index in [1.54, 1.807) is 0 Å². The van der Waals surface area contributed by atoms with E-state index in [-0.39, 0.29) is 36.9 Å². The van der Waals surface area contributed by atoms with E-state index in [0.29, 0.717) is 16.9 Å². The van der Waals surface area contributed by atoms with Gasteiger partial charge in [-0.1, -0.05) is 0 Å². The first-order valence-corrected chi connectivity index (χ1v) is 7.38. The van der Waals surface area contributed by atoms with Gasteiger partial charge in [-0.2, -0.15) is 0 Å². The minimum Gasteiger partial charge on any atom is -0.467 e. The summed E-state index contributed by atoms with van der Waals surface area (Å²) < 4.78 is 15.6. The minimum absolute atomic E-state index is 0.00584. The normalized spacial score (nSPS) is 12.6. The minimum atomic E-state index is -0.716. The van der Waals surface area contributed by atoms with E-state index in [9.17, 15) is 25.0 Å². The molecule has 134 valence electrons. The molecule has 0 radical (unpaired) electrons. The van der Waals surface area contributed by atoms with Crippen molar-refractivity contribution >= 4 is 17.3 Å². The largest absolute Gasteiger partial charge is 0.467 e. The predicted octanol–water partition coefficient (Wildman–Crippen LogP) is 2.73. The Balaban J connectivity index is 1.78. The van der Waals surface area contributed by atoms with Crippen LogP contribution in [0.1, 0.15) is 21.5 Å². The molecule has 0 fully saturated rings. The van der Waals surface area contributed by atoms with Gasteiger partial charge in [0.25, 0.3) is 11.4 Å². The van der Waals surface area contributed by atoms with E-state index in [2.05, 4.69) is 0 Å². The molecule has 0 bridgehead atoms. The summed E-state index contributed by atoms with van der Waals surface area (Å²) in [6.45, 7) is -0.103. The number of carbonyl (C=O) groups is 1. The zero-order valence-electron chi connectivity index (χ0n) is 13.2. The summed E-state index contributed by atoms with van der Waals surface area (Å²) in [7, 11) is 0. The number of esters is 1. The molecule has 0 unspecified atom stereocenters. The summed E-state index contributed by atoms with van der Waals surface area (Å²) in [4.78, 5) is 32.6. The average molecular weight is 360 g/mol. The lowest BCUT2D eigenvalue weighted by atomic mass is 10.1. The lowest BCUT2D eigenvalue weighted by molar-refractivity contribution is -0.385. The summed E-state index contributed by atoms with van der Waals surface area (Å²) >= 11 is 0. The first-order valence-electron chi connectivity index (χ1n) is 7.38. The second-order valence-corrected chi connectivity index (χ2v) is 5.34. The van der Waals surface area contributed by atoms with Crippen LogP contribution in [0.25, 0.3) is 0 Å². The molecule has 10 heteroatoms. The summed E-state index contributed by atoms with van der Waals surface area (Å²) in [5, 5.41) is 21.7. The van der Waals surface area contributed by atoms with Crippen molar-refractivity contribution in [1.82, 2.24) is 0 Å². The first kappa shape index (κ1) is 17.3. The number of rotatable bonds is 5. The van der Waals surface area contributed by atoms with Crippen molar-refractivity contribution in [2.45, 2.75) is 13.2 Å². The summed E-state index contributed by atoms with van der Waals surface area (Å²) in [6.07, 6.45) is 0. The maximum Gasteiger partial charge on any atom is 0.338 e. The van der Waals surface area contributed by atoms with Crippen molar-refractivity contribution < 1.29 is 28.9 Å². The third kappa shape index (κ3) is 3.59. The molecular formula is C16H12N2O8. The summed E-state index contributed by atoms with van der Waals surface area (Å²) in [5.74, 6) is -0.328. The Hall–Kier alpha value is -3.53. The fourth-order valence-electron chi connectivity index (χ4n) is 2.44. The van der Waals surface area contributed by atoms with Crippen LogP contribution in [0, 0.1) is 20.2 Å². The molecule has 2 aromatic carbocycles. The Kier molecular flexibility index (Phi) is 4.76. The number of hydrogen-bond acceptors (Lipinski definition) is 8. The molecule has 0 amide bonds. The van der Waals surface area contributed by atoms with E-state index in [4.69, 9.17) is 14.2 Å². The maximum absolute atomic E-state index is 12.1. The van der Waals surface area contributed by atoms with Crippen molar-refractivity contribution in [3.63, 3.8) is 0 Å². The number of nitro groups is 2. The van der Waals surface area contributed by atoms with Gasteiger partial charge in [0.15, 0.2) is 6.79 Å².